The van der Waals surface area contributed by atoms with E-state index < -0.39 is 11.5 Å². The summed E-state index contributed by atoms with van der Waals surface area (Å²) in [5.74, 6) is 0.376. The number of hydrogen-bond acceptors (Lipinski definition) is 0. The van der Waals surface area contributed by atoms with Gasteiger partial charge in [0, 0.05) is 0 Å². The zero-order valence-electron chi connectivity index (χ0n) is 7.14. The van der Waals surface area contributed by atoms with Gasteiger partial charge in [0.2, 0.25) is 0 Å². The van der Waals surface area contributed by atoms with Crippen LogP contribution in [0, 0.1) is 11.8 Å². The van der Waals surface area contributed by atoms with Crippen LogP contribution in [0.15, 0.2) is 11.6 Å². The highest BCUT2D eigenvalue weighted by molar-refractivity contribution is 6.22. The summed E-state index contributed by atoms with van der Waals surface area (Å²) in [5, 5.41) is -0.402. The average molecular weight is 177 g/mol. The molecule has 0 saturated heterocycles. The summed E-state index contributed by atoms with van der Waals surface area (Å²) in [6, 6.07) is 0. The van der Waals surface area contributed by atoms with Crippen LogP contribution in [0.2, 0.25) is 0 Å². The van der Waals surface area contributed by atoms with Gasteiger partial charge in [0.25, 0.3) is 0 Å². The van der Waals surface area contributed by atoms with E-state index in [1.54, 1.807) is 0 Å². The number of alkyl halides is 2. The van der Waals surface area contributed by atoms with Crippen molar-refractivity contribution in [2.75, 3.05) is 0 Å². The van der Waals surface area contributed by atoms with E-state index in [1.165, 1.54) is 0 Å². The minimum absolute atomic E-state index is 0.0567. The molecule has 1 rings (SSSR count). The summed E-state index contributed by atoms with van der Waals surface area (Å²) < 4.78 is 13.3. The molecule has 11 heavy (non-hydrogen) atoms. The molecule has 0 nitrogen and oxygen atoms in total. The SMILES string of the molecule is CC1=CC(C)C(C)C(F)C1Cl. The predicted octanol–water partition coefficient (Wildman–Crippen LogP) is 3.16. The first-order valence-electron chi connectivity index (χ1n) is 4.00. The summed E-state index contributed by atoms with van der Waals surface area (Å²) in [6.07, 6.45) is 1.19. The van der Waals surface area contributed by atoms with Gasteiger partial charge in [0.15, 0.2) is 0 Å². The summed E-state index contributed by atoms with van der Waals surface area (Å²) in [4.78, 5) is 0. The number of halogens is 2. The van der Waals surface area contributed by atoms with E-state index in [0.717, 1.165) is 5.57 Å². The maximum Gasteiger partial charge on any atom is 0.123 e. The molecular formula is C9H14ClF. The van der Waals surface area contributed by atoms with Gasteiger partial charge in [-0.3, -0.25) is 0 Å². The van der Waals surface area contributed by atoms with E-state index in [2.05, 4.69) is 6.08 Å². The Kier molecular flexibility index (Phi) is 2.58. The average Bonchev–Trinajstić information content (AvgIpc) is 1.97. The third-order valence-electron chi connectivity index (χ3n) is 2.57. The molecule has 1 aliphatic rings. The molecule has 0 fully saturated rings. The first kappa shape index (κ1) is 9.05. The molecule has 0 aromatic rings. The van der Waals surface area contributed by atoms with Crippen molar-refractivity contribution in [1.29, 1.82) is 0 Å². The van der Waals surface area contributed by atoms with Crippen LogP contribution in [0.5, 0.6) is 0 Å². The van der Waals surface area contributed by atoms with Gasteiger partial charge in [-0.05, 0) is 18.8 Å². The van der Waals surface area contributed by atoms with E-state index in [0.29, 0.717) is 5.92 Å². The zero-order chi connectivity index (χ0) is 8.59. The minimum Gasteiger partial charge on any atom is -0.245 e. The Labute approximate surface area is 72.4 Å². The monoisotopic (exact) mass is 176 g/mol. The van der Waals surface area contributed by atoms with Crippen LogP contribution in [-0.4, -0.2) is 11.5 Å². The molecule has 0 amide bonds. The van der Waals surface area contributed by atoms with E-state index in [-0.39, 0.29) is 5.92 Å². The van der Waals surface area contributed by atoms with Gasteiger partial charge in [-0.2, -0.15) is 0 Å². The fourth-order valence-corrected chi connectivity index (χ4v) is 1.77. The first-order chi connectivity index (χ1) is 5.04. The second-order valence-electron chi connectivity index (χ2n) is 3.48. The van der Waals surface area contributed by atoms with Gasteiger partial charge >= 0.3 is 0 Å². The standard InChI is InChI=1S/C9H14ClF/c1-5-4-6(2)8(10)9(11)7(5)3/h4-5,7-9H,1-3H3. The highest BCUT2D eigenvalue weighted by Crippen LogP contribution is 2.33. The van der Waals surface area contributed by atoms with Crippen molar-refractivity contribution in [3.05, 3.63) is 11.6 Å². The lowest BCUT2D eigenvalue weighted by Crippen LogP contribution is -2.32. The number of hydrogen-bond donors (Lipinski definition) is 0. The molecule has 0 aromatic heterocycles. The molecule has 64 valence electrons. The third kappa shape index (κ3) is 1.58. The summed E-state index contributed by atoms with van der Waals surface area (Å²) >= 11 is 5.83. The van der Waals surface area contributed by atoms with Crippen LogP contribution in [0.1, 0.15) is 20.8 Å². The van der Waals surface area contributed by atoms with E-state index in [4.69, 9.17) is 11.6 Å². The van der Waals surface area contributed by atoms with E-state index >= 15 is 0 Å². The molecule has 0 heterocycles. The maximum absolute atomic E-state index is 13.3. The Bertz CT molecular complexity index is 176. The van der Waals surface area contributed by atoms with E-state index in [1.807, 2.05) is 20.8 Å². The van der Waals surface area contributed by atoms with Gasteiger partial charge in [0.05, 0.1) is 5.38 Å². The predicted molar refractivity (Wildman–Crippen MR) is 46.6 cm³/mol. The summed E-state index contributed by atoms with van der Waals surface area (Å²) in [6.45, 7) is 5.84. The van der Waals surface area contributed by atoms with Crippen LogP contribution in [0.25, 0.3) is 0 Å². The van der Waals surface area contributed by atoms with Crippen LogP contribution in [0.4, 0.5) is 4.39 Å². The molecule has 0 aliphatic heterocycles. The maximum atomic E-state index is 13.3. The molecule has 0 radical (unpaired) electrons. The number of rotatable bonds is 0. The lowest BCUT2D eigenvalue weighted by molar-refractivity contribution is 0.198. The Morgan fingerprint density at radius 3 is 2.55 bits per heavy atom. The molecule has 4 atom stereocenters. The first-order valence-corrected chi connectivity index (χ1v) is 4.44. The van der Waals surface area contributed by atoms with Crippen molar-refractivity contribution in [2.24, 2.45) is 11.8 Å². The van der Waals surface area contributed by atoms with Crippen LogP contribution in [-0.2, 0) is 0 Å². The van der Waals surface area contributed by atoms with Crippen LogP contribution < -0.4 is 0 Å². The second kappa shape index (κ2) is 3.14. The van der Waals surface area contributed by atoms with Gasteiger partial charge in [-0.25, -0.2) is 4.39 Å². The summed E-state index contributed by atoms with van der Waals surface area (Å²) in [5.41, 5.74) is 0.977. The second-order valence-corrected chi connectivity index (χ2v) is 3.95. The zero-order valence-corrected chi connectivity index (χ0v) is 7.90. The third-order valence-corrected chi connectivity index (χ3v) is 3.16. The largest absolute Gasteiger partial charge is 0.245 e. The molecule has 4 unspecified atom stereocenters. The van der Waals surface area contributed by atoms with Crippen molar-refractivity contribution in [2.45, 2.75) is 32.3 Å². The lowest BCUT2D eigenvalue weighted by atomic mass is 9.82. The fourth-order valence-electron chi connectivity index (χ4n) is 1.47. The summed E-state index contributed by atoms with van der Waals surface area (Å²) in [7, 11) is 0. The fraction of sp³-hybridized carbons (Fsp3) is 0.778. The number of allylic oxidation sites excluding steroid dienone is 2. The lowest BCUT2D eigenvalue weighted by Gasteiger charge is -2.30. The Balaban J connectivity index is 2.83. The van der Waals surface area contributed by atoms with Crippen molar-refractivity contribution >= 4 is 11.6 Å². The highest BCUT2D eigenvalue weighted by Gasteiger charge is 2.33. The smallest absolute Gasteiger partial charge is 0.123 e. The minimum atomic E-state index is -0.878. The molecular weight excluding hydrogens is 163 g/mol. The Morgan fingerprint density at radius 2 is 2.00 bits per heavy atom. The molecule has 0 N–H and O–H groups in total. The quantitative estimate of drug-likeness (QED) is 0.393. The normalized spacial score (nSPS) is 45.4. The Hall–Kier alpha value is -0.0400. The molecule has 0 saturated carbocycles. The van der Waals surface area contributed by atoms with E-state index in [9.17, 15) is 4.39 Å². The highest BCUT2D eigenvalue weighted by atomic mass is 35.5. The molecule has 0 bridgehead atoms. The molecule has 0 spiro atoms. The van der Waals surface area contributed by atoms with Crippen molar-refractivity contribution in [3.8, 4) is 0 Å². The van der Waals surface area contributed by atoms with Gasteiger partial charge in [0.1, 0.15) is 6.17 Å². The van der Waals surface area contributed by atoms with Gasteiger partial charge in [-0.15, -0.1) is 11.6 Å². The molecule has 1 aliphatic carbocycles. The molecule has 0 aromatic carbocycles. The van der Waals surface area contributed by atoms with Crippen LogP contribution >= 0.6 is 11.6 Å². The van der Waals surface area contributed by atoms with Crippen molar-refractivity contribution in [3.63, 3.8) is 0 Å². The van der Waals surface area contributed by atoms with Crippen molar-refractivity contribution in [1.82, 2.24) is 0 Å². The Morgan fingerprint density at radius 1 is 1.45 bits per heavy atom. The topological polar surface area (TPSA) is 0 Å². The van der Waals surface area contributed by atoms with Gasteiger partial charge < -0.3 is 0 Å². The van der Waals surface area contributed by atoms with Crippen molar-refractivity contribution < 1.29 is 4.39 Å². The molecule has 2 heteroatoms. The van der Waals surface area contributed by atoms with Crippen LogP contribution in [0.3, 0.4) is 0 Å². The van der Waals surface area contributed by atoms with Gasteiger partial charge in [-0.1, -0.05) is 25.5 Å².